The SMILES string of the molecule is COc1ccc([N+](=O)[O-])cc1N[P@]1(=O)C2=C(N3CCCCC3)CC(C)(C)C=C2NN1c1ccccc1. The van der Waals surface area contributed by atoms with E-state index in [9.17, 15) is 10.1 Å². The molecule has 2 fully saturated rings. The van der Waals surface area contributed by atoms with Crippen molar-refractivity contribution < 1.29 is 14.2 Å². The topological polar surface area (TPSA) is 100.0 Å². The number of methoxy groups -OCH3 is 1. The first-order valence-electron chi connectivity index (χ1n) is 12.3. The van der Waals surface area contributed by atoms with Gasteiger partial charge in [0.1, 0.15) is 5.75 Å². The Hall–Kier alpha value is -3.45. The fourth-order valence-electron chi connectivity index (χ4n) is 5.28. The van der Waals surface area contributed by atoms with Gasteiger partial charge in [0, 0.05) is 30.9 Å². The van der Waals surface area contributed by atoms with Crippen LogP contribution in [0.4, 0.5) is 17.1 Å². The molecule has 0 bridgehead atoms. The van der Waals surface area contributed by atoms with E-state index in [-0.39, 0.29) is 11.1 Å². The minimum atomic E-state index is -3.59. The van der Waals surface area contributed by atoms with Crippen LogP contribution in [0, 0.1) is 15.5 Å². The Morgan fingerprint density at radius 1 is 1.11 bits per heavy atom. The molecule has 2 aromatic carbocycles. The molecule has 2 heterocycles. The van der Waals surface area contributed by atoms with Crippen molar-refractivity contribution in [2.45, 2.75) is 39.5 Å². The van der Waals surface area contributed by atoms with Gasteiger partial charge in [0.15, 0.2) is 0 Å². The van der Waals surface area contributed by atoms with Crippen molar-refractivity contribution in [3.8, 4) is 5.75 Å². The molecule has 190 valence electrons. The fraction of sp³-hybridized carbons (Fsp3) is 0.385. The van der Waals surface area contributed by atoms with Gasteiger partial charge in [0.05, 0.1) is 34.4 Å². The number of nitro benzene ring substituents is 1. The standard InChI is InChI=1S/C26H32N5O4P/c1-26(2)17-22-25(23(18-26)29-14-8-5-9-15-29)36(34,30(27-22)19-10-6-4-7-11-19)28-21-16-20(31(32)33)12-13-24(21)35-3/h4,6-7,10-13,16-17,27H,5,8-9,14-15,18H2,1-3H3,(H,28,34)/t36-/m1/s1. The van der Waals surface area contributed by atoms with E-state index in [1.165, 1.54) is 31.7 Å². The second-order valence-electron chi connectivity index (χ2n) is 10.2. The molecule has 36 heavy (non-hydrogen) atoms. The number of nitrogens with zero attached hydrogens (tertiary/aromatic N) is 3. The maximum atomic E-state index is 15.3. The highest BCUT2D eigenvalue weighted by atomic mass is 31.2. The number of nitro groups is 1. The van der Waals surface area contributed by atoms with Gasteiger partial charge in [-0.05, 0) is 49.3 Å². The molecule has 0 saturated carbocycles. The van der Waals surface area contributed by atoms with Crippen LogP contribution in [0.2, 0.25) is 0 Å². The Bertz CT molecular complexity index is 1280. The quantitative estimate of drug-likeness (QED) is 0.268. The molecule has 0 spiro atoms. The molecule has 1 atom stereocenters. The van der Waals surface area contributed by atoms with Gasteiger partial charge >= 0.3 is 7.44 Å². The maximum absolute atomic E-state index is 15.3. The van der Waals surface area contributed by atoms with Crippen molar-refractivity contribution in [2.75, 3.05) is 30.1 Å². The third-order valence-corrected chi connectivity index (χ3v) is 9.45. The van der Waals surface area contributed by atoms with Crippen LogP contribution in [0.1, 0.15) is 39.5 Å². The van der Waals surface area contributed by atoms with E-state index in [0.717, 1.165) is 54.7 Å². The number of anilines is 2. The zero-order chi connectivity index (χ0) is 25.5. The van der Waals surface area contributed by atoms with Gasteiger partial charge in [-0.15, -0.1) is 0 Å². The first-order valence-corrected chi connectivity index (χ1v) is 13.9. The Labute approximate surface area is 211 Å². The van der Waals surface area contributed by atoms with Crippen molar-refractivity contribution in [3.63, 3.8) is 0 Å². The molecule has 0 unspecified atom stereocenters. The number of ether oxygens (including phenoxy) is 1. The highest BCUT2D eigenvalue weighted by molar-refractivity contribution is 7.71. The van der Waals surface area contributed by atoms with Crippen LogP contribution in [0.3, 0.4) is 0 Å². The van der Waals surface area contributed by atoms with Gasteiger partial charge in [-0.25, -0.2) is 4.78 Å². The normalized spacial score (nSPS) is 23.0. The molecule has 9 nitrogen and oxygen atoms in total. The Morgan fingerprint density at radius 3 is 2.50 bits per heavy atom. The lowest BCUT2D eigenvalue weighted by Gasteiger charge is -2.39. The number of hydrogen-bond acceptors (Lipinski definition) is 6. The summed E-state index contributed by atoms with van der Waals surface area (Å²) in [5.74, 6) is 0.387. The summed E-state index contributed by atoms with van der Waals surface area (Å²) in [5, 5.41) is 15.5. The van der Waals surface area contributed by atoms with Crippen molar-refractivity contribution in [3.05, 3.63) is 81.4 Å². The Balaban J connectivity index is 1.71. The number of hydrazine groups is 1. The van der Waals surface area contributed by atoms with Gasteiger partial charge in [0.2, 0.25) is 0 Å². The van der Waals surface area contributed by atoms with Crippen molar-refractivity contribution in [1.82, 2.24) is 10.3 Å². The van der Waals surface area contributed by atoms with Gasteiger partial charge in [-0.3, -0.25) is 20.1 Å². The van der Waals surface area contributed by atoms with Gasteiger partial charge in [-0.2, -0.15) is 0 Å². The molecule has 10 heteroatoms. The largest absolute Gasteiger partial charge is 0.495 e. The van der Waals surface area contributed by atoms with Crippen molar-refractivity contribution >= 4 is 24.5 Å². The van der Waals surface area contributed by atoms with E-state index in [0.29, 0.717) is 11.4 Å². The molecule has 2 aromatic rings. The fourth-order valence-corrected chi connectivity index (χ4v) is 7.91. The average Bonchev–Trinajstić information content (AvgIpc) is 3.15. The molecular weight excluding hydrogens is 477 g/mol. The van der Waals surface area contributed by atoms with Gasteiger partial charge in [0.25, 0.3) is 5.69 Å². The van der Waals surface area contributed by atoms with Crippen LogP contribution in [0.5, 0.6) is 5.75 Å². The minimum absolute atomic E-state index is 0.103. The van der Waals surface area contributed by atoms with E-state index in [2.05, 4.69) is 35.3 Å². The number of non-ortho nitro benzene ring substituents is 1. The first-order chi connectivity index (χ1) is 17.2. The summed E-state index contributed by atoms with van der Waals surface area (Å²) in [6.07, 6.45) is 6.30. The number of hydrogen-bond donors (Lipinski definition) is 2. The monoisotopic (exact) mass is 509 g/mol. The summed E-state index contributed by atoms with van der Waals surface area (Å²) < 4.78 is 22.5. The van der Waals surface area contributed by atoms with Crippen LogP contribution in [0.15, 0.2) is 71.3 Å². The lowest BCUT2D eigenvalue weighted by Crippen LogP contribution is -2.34. The number of para-hydroxylation sites is 1. The minimum Gasteiger partial charge on any atom is -0.495 e. The summed E-state index contributed by atoms with van der Waals surface area (Å²) in [5.41, 5.74) is 6.14. The van der Waals surface area contributed by atoms with Crippen LogP contribution in [-0.2, 0) is 4.57 Å². The number of rotatable bonds is 6. The zero-order valence-corrected chi connectivity index (χ0v) is 21.8. The molecule has 0 amide bonds. The molecule has 0 radical (unpaired) electrons. The summed E-state index contributed by atoms with van der Waals surface area (Å²) in [4.78, 5) is 13.4. The molecule has 0 aromatic heterocycles. The van der Waals surface area contributed by atoms with E-state index < -0.39 is 12.4 Å². The lowest BCUT2D eigenvalue weighted by molar-refractivity contribution is -0.384. The van der Waals surface area contributed by atoms with Crippen molar-refractivity contribution in [2.24, 2.45) is 5.41 Å². The molecule has 1 aliphatic carbocycles. The maximum Gasteiger partial charge on any atom is 0.312 e. The Kier molecular flexibility index (Phi) is 6.20. The van der Waals surface area contributed by atoms with Crippen LogP contribution in [-0.4, -0.2) is 30.0 Å². The van der Waals surface area contributed by atoms with Crippen molar-refractivity contribution in [1.29, 1.82) is 0 Å². The highest BCUT2D eigenvalue weighted by Gasteiger charge is 2.50. The van der Waals surface area contributed by atoms with E-state index in [1.807, 2.05) is 30.3 Å². The average molecular weight is 510 g/mol. The predicted molar refractivity (Wildman–Crippen MR) is 142 cm³/mol. The first kappa shape index (κ1) is 24.3. The van der Waals surface area contributed by atoms with Gasteiger partial charge < -0.3 is 14.7 Å². The predicted octanol–water partition coefficient (Wildman–Crippen LogP) is 6.24. The third kappa shape index (κ3) is 4.32. The van der Waals surface area contributed by atoms with Crippen LogP contribution < -0.4 is 20.0 Å². The number of nitrogens with one attached hydrogen (secondary N) is 2. The van der Waals surface area contributed by atoms with Gasteiger partial charge in [-0.1, -0.05) is 38.1 Å². The second-order valence-corrected chi connectivity index (χ2v) is 12.4. The van der Waals surface area contributed by atoms with E-state index in [1.54, 1.807) is 4.78 Å². The number of allylic oxidation sites excluding steroid dienone is 3. The molecule has 2 saturated heterocycles. The van der Waals surface area contributed by atoms with E-state index >= 15 is 4.57 Å². The summed E-state index contributed by atoms with van der Waals surface area (Å²) >= 11 is 0. The van der Waals surface area contributed by atoms with Crippen LogP contribution in [0.25, 0.3) is 0 Å². The zero-order valence-electron chi connectivity index (χ0n) is 20.9. The molecule has 2 N–H and O–H groups in total. The lowest BCUT2D eigenvalue weighted by atomic mass is 9.82. The molecule has 3 aliphatic rings. The number of piperidine rings is 1. The van der Waals surface area contributed by atoms with E-state index in [4.69, 9.17) is 4.74 Å². The number of likely N-dealkylation sites (tertiary alicyclic amines) is 1. The number of benzene rings is 2. The second kappa shape index (κ2) is 9.21. The summed E-state index contributed by atoms with van der Waals surface area (Å²) in [6.45, 7) is 6.23. The third-order valence-electron chi connectivity index (χ3n) is 6.90. The summed E-state index contributed by atoms with van der Waals surface area (Å²) in [6, 6.07) is 13.8. The summed E-state index contributed by atoms with van der Waals surface area (Å²) in [7, 11) is -2.09. The highest BCUT2D eigenvalue weighted by Crippen LogP contribution is 2.67. The molecule has 5 rings (SSSR count). The smallest absolute Gasteiger partial charge is 0.312 e. The Morgan fingerprint density at radius 2 is 1.83 bits per heavy atom. The molecule has 2 aliphatic heterocycles. The number of fused-ring (bicyclic) bond motifs is 1. The van der Waals surface area contributed by atoms with Crippen LogP contribution >= 0.6 is 7.44 Å². The molecular formula is C26H32N5O4P.